The van der Waals surface area contributed by atoms with E-state index in [0.717, 1.165) is 40.9 Å². The monoisotopic (exact) mass is 365 g/mol. The highest BCUT2D eigenvalue weighted by atomic mass is 35.5. The molecule has 1 aliphatic carbocycles. The number of benzene rings is 2. The van der Waals surface area contributed by atoms with Gasteiger partial charge < -0.3 is 0 Å². The van der Waals surface area contributed by atoms with Crippen molar-refractivity contribution >= 4 is 29.0 Å². The number of nitrogens with zero attached hydrogens (tertiary/aromatic N) is 1. The third-order valence-corrected chi connectivity index (χ3v) is 5.59. The molecule has 0 N–H and O–H groups in total. The van der Waals surface area contributed by atoms with Gasteiger partial charge in [0.2, 0.25) is 5.91 Å². The molecular weight excluding hydrogens is 346 g/mol. The number of aryl methyl sites for hydroxylation is 1. The zero-order valence-electron chi connectivity index (χ0n) is 14.7. The summed E-state index contributed by atoms with van der Waals surface area (Å²) in [5.74, 6) is -0.0892. The number of anilines is 1. The lowest BCUT2D eigenvalue weighted by molar-refractivity contribution is -0.119. The number of Topliss-reactive ketones (excluding diaryl/α,β-unsaturated/α-hetero) is 1. The molecule has 132 valence electrons. The lowest BCUT2D eigenvalue weighted by atomic mass is 9.77. The summed E-state index contributed by atoms with van der Waals surface area (Å²) in [7, 11) is 0. The van der Waals surface area contributed by atoms with Crippen LogP contribution >= 0.6 is 11.6 Å². The van der Waals surface area contributed by atoms with Crippen LogP contribution in [0.1, 0.15) is 42.7 Å². The maximum atomic E-state index is 13.1. The minimum atomic E-state index is -0.249. The van der Waals surface area contributed by atoms with Crippen molar-refractivity contribution in [2.45, 2.75) is 38.5 Å². The predicted octanol–water partition coefficient (Wildman–Crippen LogP) is 5.18. The molecule has 4 heteroatoms. The minimum Gasteiger partial charge on any atom is -0.294 e. The Kier molecular flexibility index (Phi) is 4.41. The third kappa shape index (κ3) is 2.86. The van der Waals surface area contributed by atoms with E-state index in [1.165, 1.54) is 0 Å². The third-order valence-electron chi connectivity index (χ3n) is 5.25. The number of carbonyl (C=O) groups is 2. The van der Waals surface area contributed by atoms with Gasteiger partial charge in [-0.3, -0.25) is 14.5 Å². The number of allylic oxidation sites excluding steroid dienone is 2. The summed E-state index contributed by atoms with van der Waals surface area (Å²) in [6, 6.07) is 15.4. The second-order valence-electron chi connectivity index (χ2n) is 6.98. The molecule has 26 heavy (non-hydrogen) atoms. The Morgan fingerprint density at radius 3 is 2.46 bits per heavy atom. The van der Waals surface area contributed by atoms with Crippen molar-refractivity contribution in [1.82, 2.24) is 0 Å². The lowest BCUT2D eigenvalue weighted by Gasteiger charge is -2.38. The zero-order chi connectivity index (χ0) is 18.3. The van der Waals surface area contributed by atoms with Gasteiger partial charge in [-0.05, 0) is 43.5 Å². The fourth-order valence-corrected chi connectivity index (χ4v) is 4.28. The molecule has 0 aromatic heterocycles. The van der Waals surface area contributed by atoms with Crippen molar-refractivity contribution in [3.05, 3.63) is 76.0 Å². The molecule has 1 aliphatic heterocycles. The van der Waals surface area contributed by atoms with Crippen molar-refractivity contribution in [2.75, 3.05) is 4.90 Å². The average Bonchev–Trinajstić information content (AvgIpc) is 2.63. The van der Waals surface area contributed by atoms with Crippen LogP contribution in [-0.2, 0) is 9.59 Å². The van der Waals surface area contributed by atoms with E-state index < -0.39 is 0 Å². The SMILES string of the molecule is Cc1ccc(N2C(=O)CC(c3ccccc3Cl)C3=C2CCCC3=O)cc1. The van der Waals surface area contributed by atoms with Gasteiger partial charge in [-0.1, -0.05) is 47.5 Å². The first-order valence-corrected chi connectivity index (χ1v) is 9.34. The number of rotatable bonds is 2. The van der Waals surface area contributed by atoms with Crippen molar-refractivity contribution in [3.8, 4) is 0 Å². The maximum absolute atomic E-state index is 13.1. The van der Waals surface area contributed by atoms with Crippen molar-refractivity contribution in [2.24, 2.45) is 0 Å². The van der Waals surface area contributed by atoms with Crippen molar-refractivity contribution < 1.29 is 9.59 Å². The first kappa shape index (κ1) is 17.0. The van der Waals surface area contributed by atoms with Crippen LogP contribution in [0.3, 0.4) is 0 Å². The van der Waals surface area contributed by atoms with Gasteiger partial charge in [0.25, 0.3) is 0 Å². The van der Waals surface area contributed by atoms with Gasteiger partial charge in [0, 0.05) is 40.7 Å². The molecule has 0 bridgehead atoms. The number of carbonyl (C=O) groups excluding carboxylic acids is 2. The van der Waals surface area contributed by atoms with E-state index in [-0.39, 0.29) is 24.0 Å². The molecule has 4 rings (SSSR count). The van der Waals surface area contributed by atoms with Crippen LogP contribution < -0.4 is 4.90 Å². The van der Waals surface area contributed by atoms with Crippen LogP contribution in [-0.4, -0.2) is 11.7 Å². The fourth-order valence-electron chi connectivity index (χ4n) is 4.01. The first-order valence-electron chi connectivity index (χ1n) is 8.96. The Morgan fingerprint density at radius 1 is 1.00 bits per heavy atom. The summed E-state index contributed by atoms with van der Waals surface area (Å²) >= 11 is 6.40. The molecule has 0 saturated carbocycles. The van der Waals surface area contributed by atoms with E-state index in [2.05, 4.69) is 0 Å². The largest absolute Gasteiger partial charge is 0.294 e. The van der Waals surface area contributed by atoms with Gasteiger partial charge >= 0.3 is 0 Å². The smallest absolute Gasteiger partial charge is 0.232 e. The highest BCUT2D eigenvalue weighted by Gasteiger charge is 2.40. The maximum Gasteiger partial charge on any atom is 0.232 e. The fraction of sp³-hybridized carbons (Fsp3) is 0.273. The van der Waals surface area contributed by atoms with E-state index in [1.54, 1.807) is 4.90 Å². The molecule has 1 heterocycles. The second kappa shape index (κ2) is 6.73. The molecule has 2 aromatic rings. The number of halogens is 1. The van der Waals surface area contributed by atoms with Crippen LogP contribution in [0.4, 0.5) is 5.69 Å². The van der Waals surface area contributed by atoms with Gasteiger partial charge in [0.1, 0.15) is 0 Å². The van der Waals surface area contributed by atoms with Crippen LogP contribution in [0.5, 0.6) is 0 Å². The highest BCUT2D eigenvalue weighted by molar-refractivity contribution is 6.31. The summed E-state index contributed by atoms with van der Waals surface area (Å²) in [4.78, 5) is 27.6. The Hall–Kier alpha value is -2.39. The molecule has 0 saturated heterocycles. The lowest BCUT2D eigenvalue weighted by Crippen LogP contribution is -2.40. The quantitative estimate of drug-likeness (QED) is 0.735. The van der Waals surface area contributed by atoms with Crippen molar-refractivity contribution in [3.63, 3.8) is 0 Å². The van der Waals surface area contributed by atoms with E-state index in [4.69, 9.17) is 11.6 Å². The summed E-state index contributed by atoms with van der Waals surface area (Å²) in [5, 5.41) is 0.610. The first-order chi connectivity index (χ1) is 12.6. The summed E-state index contributed by atoms with van der Waals surface area (Å²) in [5.41, 5.74) is 4.46. The number of hydrogen-bond acceptors (Lipinski definition) is 2. The molecule has 0 spiro atoms. The van der Waals surface area contributed by atoms with E-state index in [1.807, 2.05) is 55.5 Å². The molecule has 2 aliphatic rings. The van der Waals surface area contributed by atoms with Gasteiger partial charge in [-0.15, -0.1) is 0 Å². The average molecular weight is 366 g/mol. The summed E-state index contributed by atoms with van der Waals surface area (Å²) in [6.07, 6.45) is 2.32. The van der Waals surface area contributed by atoms with Crippen LogP contribution in [0.25, 0.3) is 0 Å². The molecule has 1 unspecified atom stereocenters. The number of amides is 1. The summed E-state index contributed by atoms with van der Waals surface area (Å²) in [6.45, 7) is 2.02. The predicted molar refractivity (Wildman–Crippen MR) is 103 cm³/mol. The molecule has 0 radical (unpaired) electrons. The Bertz CT molecular complexity index is 914. The summed E-state index contributed by atoms with van der Waals surface area (Å²) < 4.78 is 0. The van der Waals surface area contributed by atoms with Gasteiger partial charge in [0.05, 0.1) is 0 Å². The van der Waals surface area contributed by atoms with Crippen LogP contribution in [0, 0.1) is 6.92 Å². The van der Waals surface area contributed by atoms with Crippen molar-refractivity contribution in [1.29, 1.82) is 0 Å². The Morgan fingerprint density at radius 2 is 1.73 bits per heavy atom. The minimum absolute atomic E-state index is 0.0206. The van der Waals surface area contributed by atoms with Gasteiger partial charge in [0.15, 0.2) is 5.78 Å². The molecule has 3 nitrogen and oxygen atoms in total. The highest BCUT2D eigenvalue weighted by Crippen LogP contribution is 2.44. The number of hydrogen-bond donors (Lipinski definition) is 0. The van der Waals surface area contributed by atoms with E-state index in [9.17, 15) is 9.59 Å². The number of ketones is 1. The zero-order valence-corrected chi connectivity index (χ0v) is 15.4. The molecule has 1 atom stereocenters. The molecule has 2 aromatic carbocycles. The van der Waals surface area contributed by atoms with Crippen LogP contribution in [0.15, 0.2) is 59.8 Å². The topological polar surface area (TPSA) is 37.4 Å². The van der Waals surface area contributed by atoms with Gasteiger partial charge in [-0.25, -0.2) is 0 Å². The Balaban J connectivity index is 1.87. The normalized spacial score (nSPS) is 20.4. The Labute approximate surface area is 158 Å². The molecule has 1 amide bonds. The van der Waals surface area contributed by atoms with E-state index >= 15 is 0 Å². The van der Waals surface area contributed by atoms with Crippen LogP contribution in [0.2, 0.25) is 5.02 Å². The van der Waals surface area contributed by atoms with E-state index in [0.29, 0.717) is 11.4 Å². The van der Waals surface area contributed by atoms with Gasteiger partial charge in [-0.2, -0.15) is 0 Å². The standard InChI is InChI=1S/C22H20ClNO2/c1-14-9-11-15(12-10-14)24-19-7-4-8-20(25)22(19)17(13-21(24)26)16-5-2-3-6-18(16)23/h2-3,5-6,9-12,17H,4,7-8,13H2,1H3. The second-order valence-corrected chi connectivity index (χ2v) is 7.39. The molecule has 0 fully saturated rings. The molecular formula is C22H20ClNO2.